The first-order valence-corrected chi connectivity index (χ1v) is 7.40. The van der Waals surface area contributed by atoms with Crippen LogP contribution in [0.4, 0.5) is 0 Å². The van der Waals surface area contributed by atoms with Crippen LogP contribution in [0.3, 0.4) is 0 Å². The molecule has 2 aromatic heterocycles. The van der Waals surface area contributed by atoms with Gasteiger partial charge in [-0.05, 0) is 24.0 Å². The minimum absolute atomic E-state index is 0.00768. The molecule has 0 fully saturated rings. The molecule has 3 heteroatoms. The summed E-state index contributed by atoms with van der Waals surface area (Å²) in [4.78, 5) is 4.65. The summed E-state index contributed by atoms with van der Waals surface area (Å²) in [7, 11) is 0. The Labute approximate surface area is 124 Å². The summed E-state index contributed by atoms with van der Waals surface area (Å²) in [5.41, 5.74) is 5.07. The van der Waals surface area contributed by atoms with Crippen molar-refractivity contribution in [3.63, 3.8) is 0 Å². The van der Waals surface area contributed by atoms with Gasteiger partial charge in [-0.1, -0.05) is 44.2 Å². The highest BCUT2D eigenvalue weighted by atomic mass is 16.3. The Bertz CT molecular complexity index is 744. The molecule has 0 spiro atoms. The van der Waals surface area contributed by atoms with Crippen molar-refractivity contribution >= 4 is 5.65 Å². The molecule has 1 unspecified atom stereocenters. The number of benzene rings is 1. The van der Waals surface area contributed by atoms with Crippen LogP contribution in [0.2, 0.25) is 0 Å². The van der Waals surface area contributed by atoms with Crippen molar-refractivity contribution in [1.29, 1.82) is 0 Å². The largest absolute Gasteiger partial charge is 0.392 e. The number of aromatic nitrogens is 2. The van der Waals surface area contributed by atoms with Gasteiger partial charge in [0.1, 0.15) is 5.65 Å². The van der Waals surface area contributed by atoms with Gasteiger partial charge >= 0.3 is 0 Å². The van der Waals surface area contributed by atoms with Crippen LogP contribution in [-0.2, 0) is 6.61 Å². The van der Waals surface area contributed by atoms with Crippen molar-refractivity contribution in [3.05, 3.63) is 59.9 Å². The molecule has 0 aliphatic heterocycles. The predicted molar refractivity (Wildman–Crippen MR) is 85.3 cm³/mol. The van der Waals surface area contributed by atoms with Crippen LogP contribution in [0.15, 0.2) is 48.8 Å². The molecule has 3 rings (SSSR count). The topological polar surface area (TPSA) is 37.5 Å². The fraction of sp³-hybridized carbons (Fsp3) is 0.278. The lowest BCUT2D eigenvalue weighted by atomic mass is 9.97. The van der Waals surface area contributed by atoms with E-state index in [4.69, 9.17) is 0 Å². The number of imidazole rings is 1. The Morgan fingerprint density at radius 3 is 2.62 bits per heavy atom. The summed E-state index contributed by atoms with van der Waals surface area (Å²) >= 11 is 0. The number of hydrogen-bond donors (Lipinski definition) is 1. The van der Waals surface area contributed by atoms with Crippen LogP contribution in [0.25, 0.3) is 16.9 Å². The number of nitrogens with zero attached hydrogens (tertiary/aromatic N) is 2. The zero-order chi connectivity index (χ0) is 14.8. The van der Waals surface area contributed by atoms with Crippen LogP contribution < -0.4 is 0 Å². The smallest absolute Gasteiger partial charge is 0.142 e. The first-order chi connectivity index (χ1) is 10.2. The summed E-state index contributed by atoms with van der Waals surface area (Å²) in [5.74, 6) is 0.584. The number of hydrogen-bond acceptors (Lipinski definition) is 2. The van der Waals surface area contributed by atoms with E-state index in [1.54, 1.807) is 0 Å². The number of aliphatic hydroxyl groups excluding tert-OH is 1. The van der Waals surface area contributed by atoms with Gasteiger partial charge in [0, 0.05) is 23.5 Å². The van der Waals surface area contributed by atoms with Gasteiger partial charge in [-0.25, -0.2) is 4.98 Å². The number of rotatable bonds is 4. The molecule has 3 aromatic rings. The van der Waals surface area contributed by atoms with Crippen molar-refractivity contribution in [2.24, 2.45) is 0 Å². The van der Waals surface area contributed by atoms with Crippen molar-refractivity contribution in [3.8, 4) is 11.3 Å². The van der Waals surface area contributed by atoms with Gasteiger partial charge in [-0.2, -0.15) is 0 Å². The van der Waals surface area contributed by atoms with Gasteiger partial charge in [0.05, 0.1) is 12.3 Å². The number of aliphatic hydroxyl groups is 1. The Balaban J connectivity index is 2.00. The second-order valence-electron chi connectivity index (χ2n) is 5.48. The molecular formula is C18H20N2O. The SMILES string of the molecule is CCC(C)c1ccc(-c2cn3cccc(CO)c3n2)cc1. The molecule has 0 aliphatic rings. The van der Waals surface area contributed by atoms with Crippen LogP contribution >= 0.6 is 0 Å². The molecule has 21 heavy (non-hydrogen) atoms. The normalized spacial score (nSPS) is 12.7. The third kappa shape index (κ3) is 2.57. The average Bonchev–Trinajstić information content (AvgIpc) is 2.98. The highest BCUT2D eigenvalue weighted by Gasteiger charge is 2.08. The first-order valence-electron chi connectivity index (χ1n) is 7.40. The molecule has 0 radical (unpaired) electrons. The lowest BCUT2D eigenvalue weighted by molar-refractivity contribution is 0.282. The van der Waals surface area contributed by atoms with Gasteiger partial charge in [-0.15, -0.1) is 0 Å². The zero-order valence-corrected chi connectivity index (χ0v) is 12.5. The lowest BCUT2D eigenvalue weighted by Crippen LogP contribution is -1.90. The lowest BCUT2D eigenvalue weighted by Gasteiger charge is -2.08. The number of fused-ring (bicyclic) bond motifs is 1. The average molecular weight is 280 g/mol. The van der Waals surface area contributed by atoms with Crippen LogP contribution in [0.1, 0.15) is 37.3 Å². The molecule has 0 bridgehead atoms. The van der Waals surface area contributed by atoms with Crippen molar-refractivity contribution in [2.75, 3.05) is 0 Å². The standard InChI is InChI=1S/C18H20N2O/c1-3-13(2)14-6-8-15(9-7-14)17-11-20-10-4-5-16(12-21)18(20)19-17/h4-11,13,21H,3,12H2,1-2H3. The van der Waals surface area contributed by atoms with Gasteiger partial charge in [0.15, 0.2) is 0 Å². The number of pyridine rings is 1. The Morgan fingerprint density at radius 1 is 1.19 bits per heavy atom. The molecule has 1 aromatic carbocycles. The highest BCUT2D eigenvalue weighted by Crippen LogP contribution is 2.24. The van der Waals surface area contributed by atoms with E-state index in [-0.39, 0.29) is 6.61 Å². The van der Waals surface area contributed by atoms with Gasteiger partial charge < -0.3 is 9.51 Å². The summed E-state index contributed by atoms with van der Waals surface area (Å²) in [6.07, 6.45) is 5.11. The monoisotopic (exact) mass is 280 g/mol. The second-order valence-corrected chi connectivity index (χ2v) is 5.48. The fourth-order valence-electron chi connectivity index (χ4n) is 2.55. The molecule has 0 amide bonds. The van der Waals surface area contributed by atoms with E-state index in [1.807, 2.05) is 28.9 Å². The maximum atomic E-state index is 9.39. The Morgan fingerprint density at radius 2 is 1.95 bits per heavy atom. The molecule has 0 aliphatic carbocycles. The van der Waals surface area contributed by atoms with E-state index in [1.165, 1.54) is 5.56 Å². The first kappa shape index (κ1) is 13.8. The van der Waals surface area contributed by atoms with E-state index >= 15 is 0 Å². The van der Waals surface area contributed by atoms with E-state index in [9.17, 15) is 5.11 Å². The van der Waals surface area contributed by atoms with Crippen molar-refractivity contribution in [2.45, 2.75) is 32.8 Å². The van der Waals surface area contributed by atoms with E-state index in [2.05, 4.69) is 43.1 Å². The minimum Gasteiger partial charge on any atom is -0.392 e. The third-order valence-electron chi connectivity index (χ3n) is 4.12. The van der Waals surface area contributed by atoms with Crippen LogP contribution in [-0.4, -0.2) is 14.5 Å². The molecule has 1 N–H and O–H groups in total. The molecule has 0 saturated carbocycles. The summed E-state index contributed by atoms with van der Waals surface area (Å²) in [6.45, 7) is 4.46. The van der Waals surface area contributed by atoms with Crippen LogP contribution in [0, 0.1) is 0 Å². The van der Waals surface area contributed by atoms with E-state index < -0.39 is 0 Å². The Hall–Kier alpha value is -2.13. The highest BCUT2D eigenvalue weighted by molar-refractivity contribution is 5.64. The van der Waals surface area contributed by atoms with Crippen molar-refractivity contribution in [1.82, 2.24) is 9.38 Å². The van der Waals surface area contributed by atoms with Gasteiger partial charge in [0.25, 0.3) is 0 Å². The molecule has 1 atom stereocenters. The van der Waals surface area contributed by atoms with E-state index in [0.29, 0.717) is 5.92 Å². The fourth-order valence-corrected chi connectivity index (χ4v) is 2.55. The predicted octanol–water partition coefficient (Wildman–Crippen LogP) is 4.01. The van der Waals surface area contributed by atoms with Gasteiger partial charge in [0.2, 0.25) is 0 Å². The molecule has 2 heterocycles. The van der Waals surface area contributed by atoms with Gasteiger partial charge in [-0.3, -0.25) is 0 Å². The zero-order valence-electron chi connectivity index (χ0n) is 12.5. The maximum absolute atomic E-state index is 9.39. The third-order valence-corrected chi connectivity index (χ3v) is 4.12. The Kier molecular flexibility index (Phi) is 3.76. The molecule has 0 saturated heterocycles. The summed E-state index contributed by atoms with van der Waals surface area (Å²) in [6, 6.07) is 12.4. The molecule has 3 nitrogen and oxygen atoms in total. The van der Waals surface area contributed by atoms with E-state index in [0.717, 1.165) is 28.9 Å². The minimum atomic E-state index is 0.00768. The summed E-state index contributed by atoms with van der Waals surface area (Å²) in [5, 5.41) is 9.39. The second kappa shape index (κ2) is 5.70. The van der Waals surface area contributed by atoms with Crippen molar-refractivity contribution < 1.29 is 5.11 Å². The molecule has 108 valence electrons. The summed E-state index contributed by atoms with van der Waals surface area (Å²) < 4.78 is 1.96. The molecular weight excluding hydrogens is 260 g/mol. The maximum Gasteiger partial charge on any atom is 0.142 e. The van der Waals surface area contributed by atoms with Crippen LogP contribution in [0.5, 0.6) is 0 Å². The quantitative estimate of drug-likeness (QED) is 0.784.